The van der Waals surface area contributed by atoms with Gasteiger partial charge in [-0.3, -0.25) is 4.79 Å². The number of nitrogens with one attached hydrogen (secondary N) is 2. The molecule has 1 fully saturated rings. The van der Waals surface area contributed by atoms with Crippen molar-refractivity contribution in [1.29, 1.82) is 0 Å². The Balaban J connectivity index is 2.06. The molecule has 0 bridgehead atoms. The van der Waals surface area contributed by atoms with Crippen molar-refractivity contribution < 1.29 is 4.79 Å². The summed E-state index contributed by atoms with van der Waals surface area (Å²) in [6.45, 7) is 6.17. The van der Waals surface area contributed by atoms with Crippen molar-refractivity contribution in [3.05, 3.63) is 0 Å². The minimum absolute atomic E-state index is 0.175. The molecular formula is C14H28N2O. The van der Waals surface area contributed by atoms with Crippen LogP contribution in [0, 0.1) is 5.92 Å². The molecule has 100 valence electrons. The van der Waals surface area contributed by atoms with Crippen LogP contribution in [-0.4, -0.2) is 25.0 Å². The van der Waals surface area contributed by atoms with Crippen LogP contribution in [0.4, 0.5) is 0 Å². The van der Waals surface area contributed by atoms with Gasteiger partial charge in [-0.15, -0.1) is 0 Å². The Morgan fingerprint density at radius 1 is 1.47 bits per heavy atom. The Labute approximate surface area is 106 Å². The third-order valence-electron chi connectivity index (χ3n) is 3.64. The van der Waals surface area contributed by atoms with Crippen molar-refractivity contribution in [3.8, 4) is 0 Å². The maximum atomic E-state index is 11.8. The molecule has 2 N–H and O–H groups in total. The molecule has 1 saturated heterocycles. The van der Waals surface area contributed by atoms with Crippen molar-refractivity contribution in [1.82, 2.24) is 10.6 Å². The maximum absolute atomic E-state index is 11.8. The highest BCUT2D eigenvalue weighted by Crippen LogP contribution is 2.10. The van der Waals surface area contributed by atoms with Crippen LogP contribution in [-0.2, 0) is 4.79 Å². The van der Waals surface area contributed by atoms with E-state index in [2.05, 4.69) is 17.6 Å². The summed E-state index contributed by atoms with van der Waals surface area (Å²) in [6.07, 6.45) is 8.31. The van der Waals surface area contributed by atoms with Gasteiger partial charge in [0.1, 0.15) is 0 Å². The molecule has 2 atom stereocenters. The summed E-state index contributed by atoms with van der Waals surface area (Å²) < 4.78 is 0. The third kappa shape index (κ3) is 6.06. The highest BCUT2D eigenvalue weighted by molar-refractivity contribution is 5.78. The van der Waals surface area contributed by atoms with E-state index in [4.69, 9.17) is 0 Å². The van der Waals surface area contributed by atoms with Gasteiger partial charge in [0.15, 0.2) is 0 Å². The van der Waals surface area contributed by atoms with Crippen LogP contribution in [0.1, 0.15) is 58.8 Å². The fourth-order valence-corrected chi connectivity index (χ4v) is 2.36. The molecule has 17 heavy (non-hydrogen) atoms. The summed E-state index contributed by atoms with van der Waals surface area (Å²) in [6, 6.07) is 0.620. The Bertz CT molecular complexity index is 212. The molecule has 0 radical (unpaired) electrons. The first kappa shape index (κ1) is 14.5. The molecule has 0 spiro atoms. The van der Waals surface area contributed by atoms with Gasteiger partial charge in [-0.25, -0.2) is 0 Å². The second kappa shape index (κ2) is 8.51. The molecule has 2 unspecified atom stereocenters. The second-order valence-electron chi connectivity index (χ2n) is 5.27. The van der Waals surface area contributed by atoms with Crippen LogP contribution < -0.4 is 10.6 Å². The van der Waals surface area contributed by atoms with E-state index in [0.29, 0.717) is 6.04 Å². The molecular weight excluding hydrogens is 212 g/mol. The summed E-state index contributed by atoms with van der Waals surface area (Å²) >= 11 is 0. The Morgan fingerprint density at radius 3 is 2.94 bits per heavy atom. The van der Waals surface area contributed by atoms with Crippen molar-refractivity contribution >= 4 is 5.91 Å². The van der Waals surface area contributed by atoms with Crippen LogP contribution in [0.15, 0.2) is 0 Å². The van der Waals surface area contributed by atoms with Gasteiger partial charge in [-0.2, -0.15) is 0 Å². The maximum Gasteiger partial charge on any atom is 0.222 e. The van der Waals surface area contributed by atoms with Gasteiger partial charge in [-0.05, 0) is 32.2 Å². The first-order valence-electron chi connectivity index (χ1n) is 7.25. The van der Waals surface area contributed by atoms with Crippen LogP contribution in [0.2, 0.25) is 0 Å². The van der Waals surface area contributed by atoms with Crippen LogP contribution in [0.5, 0.6) is 0 Å². The molecule has 3 nitrogen and oxygen atoms in total. The smallest absolute Gasteiger partial charge is 0.222 e. The number of piperidine rings is 1. The van der Waals surface area contributed by atoms with Crippen molar-refractivity contribution in [3.63, 3.8) is 0 Å². The Morgan fingerprint density at radius 2 is 2.29 bits per heavy atom. The standard InChI is InChI=1S/C14H28N2O/c1-3-4-7-12(2)14(17)16-11-9-13-8-5-6-10-15-13/h12-13,15H,3-11H2,1-2H3,(H,16,17). The van der Waals surface area contributed by atoms with Gasteiger partial charge in [0.05, 0.1) is 0 Å². The normalized spacial score (nSPS) is 22.1. The number of hydrogen-bond donors (Lipinski definition) is 2. The molecule has 1 aliphatic heterocycles. The van der Waals surface area contributed by atoms with E-state index in [1.54, 1.807) is 0 Å². The minimum Gasteiger partial charge on any atom is -0.356 e. The minimum atomic E-state index is 0.175. The average Bonchev–Trinajstić information content (AvgIpc) is 2.37. The molecule has 0 saturated carbocycles. The Hall–Kier alpha value is -0.570. The number of rotatable bonds is 7. The summed E-state index contributed by atoms with van der Waals surface area (Å²) in [5.41, 5.74) is 0. The van der Waals surface area contributed by atoms with Gasteiger partial charge < -0.3 is 10.6 Å². The first-order valence-corrected chi connectivity index (χ1v) is 7.25. The van der Waals surface area contributed by atoms with Gasteiger partial charge in [0, 0.05) is 18.5 Å². The number of hydrogen-bond acceptors (Lipinski definition) is 2. The van der Waals surface area contributed by atoms with E-state index < -0.39 is 0 Å². The zero-order chi connectivity index (χ0) is 12.5. The Kier molecular flexibility index (Phi) is 7.25. The van der Waals surface area contributed by atoms with Crippen LogP contribution in [0.3, 0.4) is 0 Å². The summed E-state index contributed by atoms with van der Waals surface area (Å²) in [5.74, 6) is 0.406. The highest BCUT2D eigenvalue weighted by atomic mass is 16.1. The van der Waals surface area contributed by atoms with Crippen LogP contribution in [0.25, 0.3) is 0 Å². The van der Waals surface area contributed by atoms with Gasteiger partial charge >= 0.3 is 0 Å². The largest absolute Gasteiger partial charge is 0.356 e. The van der Waals surface area contributed by atoms with E-state index in [9.17, 15) is 4.79 Å². The zero-order valence-corrected chi connectivity index (χ0v) is 11.4. The van der Waals surface area contributed by atoms with Gasteiger partial charge in [0.25, 0.3) is 0 Å². The van der Waals surface area contributed by atoms with Gasteiger partial charge in [-0.1, -0.05) is 33.1 Å². The van der Waals surface area contributed by atoms with Crippen molar-refractivity contribution in [2.24, 2.45) is 5.92 Å². The van der Waals surface area contributed by atoms with E-state index in [0.717, 1.165) is 32.4 Å². The van der Waals surface area contributed by atoms with E-state index in [1.807, 2.05) is 6.92 Å². The summed E-state index contributed by atoms with van der Waals surface area (Å²) in [5, 5.41) is 6.56. The lowest BCUT2D eigenvalue weighted by molar-refractivity contribution is -0.124. The fourth-order valence-electron chi connectivity index (χ4n) is 2.36. The SMILES string of the molecule is CCCCC(C)C(=O)NCCC1CCCCN1. The quantitative estimate of drug-likeness (QED) is 0.718. The molecule has 0 aromatic carbocycles. The second-order valence-corrected chi connectivity index (χ2v) is 5.27. The van der Waals surface area contributed by atoms with Crippen molar-refractivity contribution in [2.45, 2.75) is 64.8 Å². The molecule has 1 rings (SSSR count). The molecule has 1 aliphatic rings. The molecule has 1 heterocycles. The number of carbonyl (C=O) groups excluding carboxylic acids is 1. The molecule has 0 aliphatic carbocycles. The molecule has 0 aromatic rings. The lowest BCUT2D eigenvalue weighted by Crippen LogP contribution is -2.38. The van der Waals surface area contributed by atoms with Crippen LogP contribution >= 0.6 is 0 Å². The number of amides is 1. The highest BCUT2D eigenvalue weighted by Gasteiger charge is 2.14. The monoisotopic (exact) mass is 240 g/mol. The zero-order valence-electron chi connectivity index (χ0n) is 11.4. The van der Waals surface area contributed by atoms with Crippen molar-refractivity contribution in [2.75, 3.05) is 13.1 Å². The predicted octanol–water partition coefficient (Wildman–Crippen LogP) is 2.46. The summed E-state index contributed by atoms with van der Waals surface area (Å²) in [4.78, 5) is 11.8. The number of carbonyl (C=O) groups is 1. The number of unbranched alkanes of at least 4 members (excludes halogenated alkanes) is 1. The lowest BCUT2D eigenvalue weighted by Gasteiger charge is -2.23. The fraction of sp³-hybridized carbons (Fsp3) is 0.929. The predicted molar refractivity (Wildman–Crippen MR) is 72.0 cm³/mol. The first-order chi connectivity index (χ1) is 8.24. The lowest BCUT2D eigenvalue weighted by atomic mass is 10.0. The third-order valence-corrected chi connectivity index (χ3v) is 3.64. The average molecular weight is 240 g/mol. The van der Waals surface area contributed by atoms with Gasteiger partial charge in [0.2, 0.25) is 5.91 Å². The topological polar surface area (TPSA) is 41.1 Å². The van der Waals surface area contributed by atoms with E-state index in [1.165, 1.54) is 25.7 Å². The molecule has 3 heteroatoms. The van der Waals surface area contributed by atoms with E-state index >= 15 is 0 Å². The summed E-state index contributed by atoms with van der Waals surface area (Å²) in [7, 11) is 0. The molecule has 0 aromatic heterocycles. The van der Waals surface area contributed by atoms with E-state index in [-0.39, 0.29) is 11.8 Å². The molecule has 1 amide bonds.